The van der Waals surface area contributed by atoms with E-state index in [9.17, 15) is 15.4 Å². The van der Waals surface area contributed by atoms with E-state index in [1.165, 1.54) is 7.11 Å². The van der Waals surface area contributed by atoms with Gasteiger partial charge in [0.25, 0.3) is 0 Å². The van der Waals surface area contributed by atoms with E-state index in [0.29, 0.717) is 12.0 Å². The molecule has 138 valence electrons. The summed E-state index contributed by atoms with van der Waals surface area (Å²) in [5.41, 5.74) is 2.05. The number of hydrogen-bond donors (Lipinski definition) is 0. The van der Waals surface area contributed by atoms with E-state index in [2.05, 4.69) is 11.0 Å². The fourth-order valence-corrected chi connectivity index (χ4v) is 4.89. The first kappa shape index (κ1) is 17.3. The average molecular weight is 363 g/mol. The number of nitro groups is 1. The summed E-state index contributed by atoms with van der Waals surface area (Å²) in [4.78, 5) is 13.9. The van der Waals surface area contributed by atoms with Gasteiger partial charge in [-0.3, -0.25) is 10.1 Å². The predicted octanol–water partition coefficient (Wildman–Crippen LogP) is 3.90. The third-order valence-corrected chi connectivity index (χ3v) is 5.91. The van der Waals surface area contributed by atoms with Crippen molar-refractivity contribution in [1.82, 2.24) is 0 Å². The maximum Gasteiger partial charge on any atom is 0.318 e. The molecule has 0 spiro atoms. The summed E-state index contributed by atoms with van der Waals surface area (Å²) in [5.74, 6) is 0.257. The van der Waals surface area contributed by atoms with Crippen molar-refractivity contribution in [1.29, 1.82) is 5.26 Å². The van der Waals surface area contributed by atoms with Crippen LogP contribution in [0.2, 0.25) is 0 Å². The normalized spacial score (nSPS) is 22.9. The molecule has 0 saturated carbocycles. The zero-order chi connectivity index (χ0) is 19.2. The first-order chi connectivity index (χ1) is 13.0. The maximum atomic E-state index is 12.1. The fraction of sp³-hybridized carbons (Fsp3) is 0.381. The van der Waals surface area contributed by atoms with E-state index in [1.54, 1.807) is 0 Å². The molecule has 0 N–H and O–H groups in total. The molecular weight excluding hydrogens is 342 g/mol. The van der Waals surface area contributed by atoms with E-state index in [1.807, 2.05) is 43.3 Å². The standard InChI is InChI=1S/C21H21N3O3/c1-14-11-16-18(19(24(25)26)20(14)27-2)21(13-22,17-9-6-10-23(16)17)12-15-7-4-3-5-8-15/h3-5,7-8,11,17H,6,9-10,12H2,1-2H3/t17-,21-/m1/s1. The van der Waals surface area contributed by atoms with Crippen LogP contribution >= 0.6 is 0 Å². The van der Waals surface area contributed by atoms with E-state index in [0.717, 1.165) is 36.2 Å². The summed E-state index contributed by atoms with van der Waals surface area (Å²) in [6.07, 6.45) is 2.29. The minimum atomic E-state index is -0.962. The van der Waals surface area contributed by atoms with E-state index < -0.39 is 5.41 Å². The van der Waals surface area contributed by atoms with Gasteiger partial charge in [0.1, 0.15) is 5.41 Å². The Morgan fingerprint density at radius 2 is 2.15 bits per heavy atom. The number of benzene rings is 2. The van der Waals surface area contributed by atoms with Crippen molar-refractivity contribution in [2.45, 2.75) is 37.6 Å². The zero-order valence-corrected chi connectivity index (χ0v) is 15.4. The molecular formula is C21H21N3O3. The van der Waals surface area contributed by atoms with Crippen LogP contribution in [0.15, 0.2) is 36.4 Å². The highest BCUT2D eigenvalue weighted by Gasteiger charge is 2.57. The van der Waals surface area contributed by atoms with Crippen molar-refractivity contribution in [2.75, 3.05) is 18.6 Å². The number of nitrogens with zero attached hydrogens (tertiary/aromatic N) is 3. The zero-order valence-electron chi connectivity index (χ0n) is 15.4. The largest absolute Gasteiger partial charge is 0.490 e. The number of hydrogen-bond acceptors (Lipinski definition) is 5. The average Bonchev–Trinajstić information content (AvgIpc) is 3.24. The Labute approximate surface area is 158 Å². The smallest absolute Gasteiger partial charge is 0.318 e. The lowest BCUT2D eigenvalue weighted by atomic mass is 9.71. The molecule has 0 aliphatic carbocycles. The van der Waals surface area contributed by atoms with Crippen molar-refractivity contribution >= 4 is 11.4 Å². The lowest BCUT2D eigenvalue weighted by Crippen LogP contribution is -2.42. The molecule has 0 unspecified atom stereocenters. The summed E-state index contributed by atoms with van der Waals surface area (Å²) < 4.78 is 5.40. The van der Waals surface area contributed by atoms with Gasteiger partial charge in [0, 0.05) is 17.8 Å². The molecule has 0 bridgehead atoms. The van der Waals surface area contributed by atoms with E-state index in [-0.39, 0.29) is 22.4 Å². The minimum absolute atomic E-state index is 0.0529. The molecule has 1 saturated heterocycles. The number of fused-ring (bicyclic) bond motifs is 3. The molecule has 1 fully saturated rings. The Hall–Kier alpha value is -3.07. The van der Waals surface area contributed by atoms with E-state index in [4.69, 9.17) is 4.74 Å². The number of nitro benzene ring substituents is 1. The second kappa shape index (κ2) is 6.27. The van der Waals surface area contributed by atoms with Gasteiger partial charge < -0.3 is 9.64 Å². The van der Waals surface area contributed by atoms with Crippen LogP contribution in [0, 0.1) is 28.4 Å². The topological polar surface area (TPSA) is 79.4 Å². The highest BCUT2D eigenvalue weighted by molar-refractivity contribution is 5.79. The number of rotatable bonds is 4. The van der Waals surface area contributed by atoms with Crippen LogP contribution < -0.4 is 9.64 Å². The third-order valence-electron chi connectivity index (χ3n) is 5.91. The van der Waals surface area contributed by atoms with Crippen molar-refractivity contribution in [2.24, 2.45) is 0 Å². The highest BCUT2D eigenvalue weighted by Crippen LogP contribution is 2.57. The van der Waals surface area contributed by atoms with Gasteiger partial charge in [0.2, 0.25) is 0 Å². The summed E-state index contributed by atoms with van der Waals surface area (Å²) in [6, 6.07) is 14.2. The summed E-state index contributed by atoms with van der Waals surface area (Å²) >= 11 is 0. The summed E-state index contributed by atoms with van der Waals surface area (Å²) in [6.45, 7) is 2.64. The minimum Gasteiger partial charge on any atom is -0.490 e. The number of methoxy groups -OCH3 is 1. The van der Waals surface area contributed by atoms with Crippen LogP contribution in [-0.4, -0.2) is 24.6 Å². The van der Waals surface area contributed by atoms with Crippen LogP contribution in [-0.2, 0) is 11.8 Å². The summed E-state index contributed by atoms with van der Waals surface area (Å²) in [7, 11) is 1.45. The number of anilines is 1. The SMILES string of the molecule is COc1c(C)cc2c(c1[N+](=O)[O-])[C@@](C#N)(Cc1ccccc1)[C@H]1CCCN21. The molecule has 0 amide bonds. The van der Waals surface area contributed by atoms with Crippen LogP contribution in [0.25, 0.3) is 0 Å². The van der Waals surface area contributed by atoms with Crippen molar-refractivity contribution in [3.63, 3.8) is 0 Å². The van der Waals surface area contributed by atoms with Crippen LogP contribution in [0.3, 0.4) is 0 Å². The molecule has 2 aromatic rings. The lowest BCUT2D eigenvalue weighted by molar-refractivity contribution is -0.386. The maximum absolute atomic E-state index is 12.1. The Bertz CT molecular complexity index is 951. The second-order valence-electron chi connectivity index (χ2n) is 7.32. The monoisotopic (exact) mass is 363 g/mol. The second-order valence-corrected chi connectivity index (χ2v) is 7.32. The van der Waals surface area contributed by atoms with Crippen molar-refractivity contribution < 1.29 is 9.66 Å². The van der Waals surface area contributed by atoms with Crippen LogP contribution in [0.5, 0.6) is 5.75 Å². The quantitative estimate of drug-likeness (QED) is 0.608. The molecule has 0 radical (unpaired) electrons. The Balaban J connectivity index is 2.02. The first-order valence-electron chi connectivity index (χ1n) is 9.11. The molecule has 2 aliphatic rings. The molecule has 4 rings (SSSR count). The lowest BCUT2D eigenvalue weighted by Gasteiger charge is -2.29. The van der Waals surface area contributed by atoms with Gasteiger partial charge in [-0.2, -0.15) is 5.26 Å². The van der Waals surface area contributed by atoms with Gasteiger partial charge >= 0.3 is 5.69 Å². The van der Waals surface area contributed by atoms with Gasteiger partial charge in [0.15, 0.2) is 5.75 Å². The Kier molecular flexibility index (Phi) is 4.03. The highest BCUT2D eigenvalue weighted by atomic mass is 16.6. The van der Waals surface area contributed by atoms with Crippen molar-refractivity contribution in [3.05, 3.63) is 63.2 Å². The first-order valence-corrected chi connectivity index (χ1v) is 9.11. The van der Waals surface area contributed by atoms with E-state index >= 15 is 0 Å². The molecule has 0 aromatic heterocycles. The van der Waals surface area contributed by atoms with Gasteiger partial charge in [-0.15, -0.1) is 0 Å². The molecule has 2 atom stereocenters. The van der Waals surface area contributed by atoms with Gasteiger partial charge in [-0.05, 0) is 37.8 Å². The summed E-state index contributed by atoms with van der Waals surface area (Å²) in [5, 5.41) is 22.4. The molecule has 2 heterocycles. The molecule has 6 nitrogen and oxygen atoms in total. The Morgan fingerprint density at radius 3 is 2.78 bits per heavy atom. The molecule has 6 heteroatoms. The van der Waals surface area contributed by atoms with Gasteiger partial charge in [0.05, 0.1) is 29.7 Å². The third kappa shape index (κ3) is 2.38. The number of ether oxygens (including phenoxy) is 1. The Morgan fingerprint density at radius 1 is 1.41 bits per heavy atom. The van der Waals surface area contributed by atoms with Gasteiger partial charge in [-0.25, -0.2) is 0 Å². The number of aryl methyl sites for hydroxylation is 1. The van der Waals surface area contributed by atoms with Crippen LogP contribution in [0.1, 0.15) is 29.5 Å². The molecule has 27 heavy (non-hydrogen) atoms. The predicted molar refractivity (Wildman–Crippen MR) is 102 cm³/mol. The van der Waals surface area contributed by atoms with Crippen molar-refractivity contribution in [3.8, 4) is 11.8 Å². The number of nitriles is 1. The molecule has 2 aromatic carbocycles. The van der Waals surface area contributed by atoms with Gasteiger partial charge in [-0.1, -0.05) is 30.3 Å². The molecule has 2 aliphatic heterocycles. The van der Waals surface area contributed by atoms with Crippen LogP contribution in [0.4, 0.5) is 11.4 Å². The fourth-order valence-electron chi connectivity index (χ4n) is 4.89.